The van der Waals surface area contributed by atoms with Crippen LogP contribution in [0.4, 0.5) is 5.69 Å². The number of piperidine rings is 1. The molecule has 1 amide bonds. The van der Waals surface area contributed by atoms with Gasteiger partial charge >= 0.3 is 0 Å². The van der Waals surface area contributed by atoms with E-state index >= 15 is 0 Å². The summed E-state index contributed by atoms with van der Waals surface area (Å²) in [6, 6.07) is 4.85. The number of alkyl halides is 1. The minimum Gasteiger partial charge on any atom is -0.338 e. The molecule has 1 aliphatic rings. The summed E-state index contributed by atoms with van der Waals surface area (Å²) in [5.74, 6) is 0.521. The Balaban J connectivity index is 2.29. The predicted molar refractivity (Wildman–Crippen MR) is 77.2 cm³/mol. The monoisotopic (exact) mass is 296 g/mol. The number of likely N-dealkylation sites (tertiary alicyclic amines) is 1. The average Bonchev–Trinajstić information content (AvgIpc) is 2.45. The zero-order chi connectivity index (χ0) is 14.7. The summed E-state index contributed by atoms with van der Waals surface area (Å²) in [6.07, 6.45) is 1.89. The number of amides is 1. The van der Waals surface area contributed by atoms with Gasteiger partial charge in [0.15, 0.2) is 0 Å². The van der Waals surface area contributed by atoms with E-state index in [2.05, 4.69) is 0 Å². The van der Waals surface area contributed by atoms with E-state index in [1.54, 1.807) is 24.0 Å². The van der Waals surface area contributed by atoms with Gasteiger partial charge in [0.25, 0.3) is 11.6 Å². The first-order chi connectivity index (χ1) is 9.54. The first kappa shape index (κ1) is 14.8. The summed E-state index contributed by atoms with van der Waals surface area (Å²) in [5, 5.41) is 11.2. The molecule has 1 unspecified atom stereocenters. The lowest BCUT2D eigenvalue weighted by Crippen LogP contribution is -2.40. The van der Waals surface area contributed by atoms with E-state index in [0.717, 1.165) is 12.8 Å². The molecule has 1 aromatic carbocycles. The van der Waals surface area contributed by atoms with E-state index in [-0.39, 0.29) is 23.1 Å². The Morgan fingerprint density at radius 1 is 1.55 bits per heavy atom. The molecule has 0 spiro atoms. The van der Waals surface area contributed by atoms with Crippen molar-refractivity contribution in [3.8, 4) is 0 Å². The normalized spacial score (nSPS) is 18.9. The number of nitro groups is 1. The maximum atomic E-state index is 12.5. The molecule has 0 N–H and O–H groups in total. The van der Waals surface area contributed by atoms with Gasteiger partial charge in [0, 0.05) is 24.5 Å². The minimum absolute atomic E-state index is 0.0921. The highest BCUT2D eigenvalue weighted by Crippen LogP contribution is 2.26. The zero-order valence-electron chi connectivity index (χ0n) is 11.3. The maximum absolute atomic E-state index is 12.5. The number of hydrogen-bond donors (Lipinski definition) is 0. The topological polar surface area (TPSA) is 63.5 Å². The zero-order valence-corrected chi connectivity index (χ0v) is 12.1. The van der Waals surface area contributed by atoms with Crippen molar-refractivity contribution in [2.75, 3.05) is 19.0 Å². The molecule has 0 radical (unpaired) electrons. The van der Waals surface area contributed by atoms with Crippen LogP contribution in [0.15, 0.2) is 18.2 Å². The third-order valence-corrected chi connectivity index (χ3v) is 4.11. The smallest absolute Gasteiger partial charge is 0.285 e. The standard InChI is InChI=1S/C14H17ClN2O3/c1-10-4-2-6-12(13(10)17(19)20)14(18)16-7-3-5-11(8-15)9-16/h2,4,6,11H,3,5,7-9H2,1H3. The molecule has 0 bridgehead atoms. The molecule has 1 aliphatic heterocycles. The molecule has 1 atom stereocenters. The molecule has 6 heteroatoms. The van der Waals surface area contributed by atoms with E-state index in [0.29, 0.717) is 24.5 Å². The second-order valence-electron chi connectivity index (χ2n) is 5.14. The first-order valence-electron chi connectivity index (χ1n) is 6.63. The Bertz CT molecular complexity index is 533. The van der Waals surface area contributed by atoms with Gasteiger partial charge in [-0.05, 0) is 31.7 Å². The second kappa shape index (κ2) is 6.22. The van der Waals surface area contributed by atoms with Crippen molar-refractivity contribution in [1.29, 1.82) is 0 Å². The Kier molecular flexibility index (Phi) is 4.60. The third-order valence-electron chi connectivity index (χ3n) is 3.68. The fourth-order valence-electron chi connectivity index (χ4n) is 2.62. The third kappa shape index (κ3) is 2.93. The van der Waals surface area contributed by atoms with E-state index in [1.165, 1.54) is 6.07 Å². The molecule has 1 heterocycles. The van der Waals surface area contributed by atoms with Gasteiger partial charge in [0.1, 0.15) is 5.56 Å². The molecule has 1 fully saturated rings. The highest BCUT2D eigenvalue weighted by atomic mass is 35.5. The van der Waals surface area contributed by atoms with Gasteiger partial charge in [-0.3, -0.25) is 14.9 Å². The average molecular weight is 297 g/mol. The van der Waals surface area contributed by atoms with Crippen LogP contribution < -0.4 is 0 Å². The molecule has 1 aromatic rings. The Labute approximate surface area is 122 Å². The molecular formula is C14H17ClN2O3. The highest BCUT2D eigenvalue weighted by molar-refractivity contribution is 6.18. The van der Waals surface area contributed by atoms with Crippen LogP contribution in [0, 0.1) is 23.0 Å². The Morgan fingerprint density at radius 3 is 2.95 bits per heavy atom. The number of hydrogen-bond acceptors (Lipinski definition) is 3. The van der Waals surface area contributed by atoms with Crippen molar-refractivity contribution in [3.05, 3.63) is 39.4 Å². The number of carbonyl (C=O) groups excluding carboxylic acids is 1. The van der Waals surface area contributed by atoms with Crippen LogP contribution in [0.5, 0.6) is 0 Å². The summed E-state index contributed by atoms with van der Waals surface area (Å²) in [4.78, 5) is 24.9. The van der Waals surface area contributed by atoms with E-state index in [9.17, 15) is 14.9 Å². The fraction of sp³-hybridized carbons (Fsp3) is 0.500. The SMILES string of the molecule is Cc1cccc(C(=O)N2CCCC(CCl)C2)c1[N+](=O)[O-]. The van der Waals surface area contributed by atoms with Crippen molar-refractivity contribution in [2.45, 2.75) is 19.8 Å². The molecule has 1 saturated heterocycles. The van der Waals surface area contributed by atoms with Crippen LogP contribution in [0.3, 0.4) is 0 Å². The second-order valence-corrected chi connectivity index (χ2v) is 5.45. The number of aryl methyl sites for hydroxylation is 1. The van der Waals surface area contributed by atoms with Crippen molar-refractivity contribution < 1.29 is 9.72 Å². The lowest BCUT2D eigenvalue weighted by atomic mass is 9.98. The number of carbonyl (C=O) groups is 1. The van der Waals surface area contributed by atoms with Crippen molar-refractivity contribution >= 4 is 23.2 Å². The Hall–Kier alpha value is -1.62. The molecule has 0 aliphatic carbocycles. The molecular weight excluding hydrogens is 280 g/mol. The van der Waals surface area contributed by atoms with Gasteiger partial charge in [-0.25, -0.2) is 0 Å². The minimum atomic E-state index is -0.481. The van der Waals surface area contributed by atoms with Crippen molar-refractivity contribution in [2.24, 2.45) is 5.92 Å². The molecule has 108 valence electrons. The Morgan fingerprint density at radius 2 is 2.30 bits per heavy atom. The van der Waals surface area contributed by atoms with E-state index in [1.807, 2.05) is 0 Å². The van der Waals surface area contributed by atoms with Crippen LogP contribution in [0.1, 0.15) is 28.8 Å². The molecule has 0 aromatic heterocycles. The quantitative estimate of drug-likeness (QED) is 0.489. The van der Waals surface area contributed by atoms with Crippen LogP contribution in [0.25, 0.3) is 0 Å². The van der Waals surface area contributed by atoms with Gasteiger partial charge in [-0.15, -0.1) is 11.6 Å². The maximum Gasteiger partial charge on any atom is 0.285 e. The number of halogens is 1. The number of benzene rings is 1. The van der Waals surface area contributed by atoms with Gasteiger partial charge in [-0.2, -0.15) is 0 Å². The summed E-state index contributed by atoms with van der Waals surface area (Å²) in [7, 11) is 0. The molecule has 2 rings (SSSR count). The van der Waals surface area contributed by atoms with Crippen molar-refractivity contribution in [3.63, 3.8) is 0 Å². The van der Waals surface area contributed by atoms with Gasteiger partial charge < -0.3 is 4.90 Å². The van der Waals surface area contributed by atoms with Gasteiger partial charge in [-0.1, -0.05) is 12.1 Å². The lowest BCUT2D eigenvalue weighted by molar-refractivity contribution is -0.385. The molecule has 5 nitrogen and oxygen atoms in total. The fourth-order valence-corrected chi connectivity index (χ4v) is 2.87. The lowest BCUT2D eigenvalue weighted by Gasteiger charge is -2.31. The summed E-state index contributed by atoms with van der Waals surface area (Å²) in [5.41, 5.74) is 0.586. The van der Waals surface area contributed by atoms with E-state index in [4.69, 9.17) is 11.6 Å². The van der Waals surface area contributed by atoms with Gasteiger partial charge in [0.2, 0.25) is 0 Å². The summed E-state index contributed by atoms with van der Waals surface area (Å²) in [6.45, 7) is 2.86. The van der Waals surface area contributed by atoms with Crippen LogP contribution in [0.2, 0.25) is 0 Å². The molecule has 0 saturated carbocycles. The number of nitrogens with zero attached hydrogens (tertiary/aromatic N) is 2. The molecule has 20 heavy (non-hydrogen) atoms. The van der Waals surface area contributed by atoms with Crippen LogP contribution >= 0.6 is 11.6 Å². The number of para-hydroxylation sites is 1. The highest BCUT2D eigenvalue weighted by Gasteiger charge is 2.29. The largest absolute Gasteiger partial charge is 0.338 e. The summed E-state index contributed by atoms with van der Waals surface area (Å²) >= 11 is 5.86. The van der Waals surface area contributed by atoms with Gasteiger partial charge in [0.05, 0.1) is 4.92 Å². The van der Waals surface area contributed by atoms with Crippen LogP contribution in [-0.2, 0) is 0 Å². The number of nitro benzene ring substituents is 1. The van der Waals surface area contributed by atoms with Crippen LogP contribution in [-0.4, -0.2) is 34.7 Å². The number of rotatable bonds is 3. The van der Waals surface area contributed by atoms with Crippen molar-refractivity contribution in [1.82, 2.24) is 4.90 Å². The van der Waals surface area contributed by atoms with E-state index < -0.39 is 4.92 Å². The first-order valence-corrected chi connectivity index (χ1v) is 7.17. The predicted octanol–water partition coefficient (Wildman–Crippen LogP) is 2.99. The summed E-state index contributed by atoms with van der Waals surface area (Å²) < 4.78 is 0.